The van der Waals surface area contributed by atoms with Crippen LogP contribution in [0.3, 0.4) is 0 Å². The fraction of sp³-hybridized carbons (Fsp3) is 0.350. The number of carbonyl (C=O) groups excluding carboxylic acids is 1. The fourth-order valence-corrected chi connectivity index (χ4v) is 2.48. The van der Waals surface area contributed by atoms with Gasteiger partial charge in [0.05, 0.1) is 6.61 Å². The summed E-state index contributed by atoms with van der Waals surface area (Å²) in [6.07, 6.45) is 0. The highest BCUT2D eigenvalue weighted by atomic mass is 16.5. The highest BCUT2D eigenvalue weighted by Gasteiger charge is 2.15. The first-order valence-electron chi connectivity index (χ1n) is 8.40. The molecular weight excluding hydrogens is 300 g/mol. The van der Waals surface area contributed by atoms with E-state index in [-0.39, 0.29) is 11.9 Å². The van der Waals surface area contributed by atoms with Crippen molar-refractivity contribution in [2.24, 2.45) is 0 Å². The van der Waals surface area contributed by atoms with Crippen LogP contribution in [0, 0.1) is 0 Å². The number of carbonyl (C=O) groups is 1. The Balaban J connectivity index is 2.00. The van der Waals surface area contributed by atoms with Crippen LogP contribution in [0.1, 0.15) is 39.2 Å². The van der Waals surface area contributed by atoms with Gasteiger partial charge in [0.15, 0.2) is 0 Å². The molecule has 4 heteroatoms. The molecule has 0 fully saturated rings. The predicted molar refractivity (Wildman–Crippen MR) is 99.9 cm³/mol. The van der Waals surface area contributed by atoms with Gasteiger partial charge < -0.3 is 15.4 Å². The summed E-state index contributed by atoms with van der Waals surface area (Å²) in [6, 6.07) is 15.2. The summed E-state index contributed by atoms with van der Waals surface area (Å²) in [7, 11) is 0. The summed E-state index contributed by atoms with van der Waals surface area (Å²) >= 11 is 0. The van der Waals surface area contributed by atoms with E-state index >= 15 is 0 Å². The minimum Gasteiger partial charge on any atom is -0.494 e. The van der Waals surface area contributed by atoms with E-state index in [2.05, 4.69) is 24.5 Å². The number of hydrogen-bond donors (Lipinski definition) is 2. The lowest BCUT2D eigenvalue weighted by Crippen LogP contribution is -2.32. The van der Waals surface area contributed by atoms with Gasteiger partial charge in [0.25, 0.3) is 0 Å². The molecule has 128 valence electrons. The van der Waals surface area contributed by atoms with Gasteiger partial charge >= 0.3 is 0 Å². The van der Waals surface area contributed by atoms with Crippen molar-refractivity contribution >= 4 is 17.3 Å². The standard InChI is InChI=1S/C20H26N2O2/c1-5-24-17-12-10-16(11-13-17)21-15(4)20(23)22-19-9-7-6-8-18(19)14(2)3/h6-15,21H,5H2,1-4H3,(H,22,23). The van der Waals surface area contributed by atoms with E-state index < -0.39 is 0 Å². The number of hydrogen-bond acceptors (Lipinski definition) is 3. The van der Waals surface area contributed by atoms with Crippen molar-refractivity contribution in [1.29, 1.82) is 0 Å². The lowest BCUT2D eigenvalue weighted by Gasteiger charge is -2.18. The summed E-state index contributed by atoms with van der Waals surface area (Å²) in [5.41, 5.74) is 2.90. The van der Waals surface area contributed by atoms with E-state index in [0.29, 0.717) is 12.5 Å². The minimum atomic E-state index is -0.344. The largest absolute Gasteiger partial charge is 0.494 e. The highest BCUT2D eigenvalue weighted by molar-refractivity contribution is 5.96. The molecule has 0 aliphatic carbocycles. The molecule has 2 aromatic carbocycles. The molecule has 0 saturated carbocycles. The van der Waals surface area contributed by atoms with E-state index in [9.17, 15) is 4.79 Å². The Hall–Kier alpha value is -2.49. The Bertz CT molecular complexity index is 666. The molecule has 1 atom stereocenters. The number of amides is 1. The maximum Gasteiger partial charge on any atom is 0.246 e. The van der Waals surface area contributed by atoms with Crippen LogP contribution in [0.5, 0.6) is 5.75 Å². The molecule has 24 heavy (non-hydrogen) atoms. The lowest BCUT2D eigenvalue weighted by molar-refractivity contribution is -0.116. The van der Waals surface area contributed by atoms with Gasteiger partial charge in [-0.25, -0.2) is 0 Å². The number of rotatable bonds is 7. The molecule has 0 heterocycles. The van der Waals surface area contributed by atoms with Crippen molar-refractivity contribution < 1.29 is 9.53 Å². The van der Waals surface area contributed by atoms with Crippen molar-refractivity contribution in [3.8, 4) is 5.75 Å². The SMILES string of the molecule is CCOc1ccc(NC(C)C(=O)Nc2ccccc2C(C)C)cc1. The Morgan fingerprint density at radius 3 is 2.33 bits per heavy atom. The monoisotopic (exact) mass is 326 g/mol. The number of anilines is 2. The second-order valence-corrected chi connectivity index (χ2v) is 6.05. The van der Waals surface area contributed by atoms with Crippen molar-refractivity contribution in [3.63, 3.8) is 0 Å². The molecule has 0 aliphatic heterocycles. The second-order valence-electron chi connectivity index (χ2n) is 6.05. The molecule has 4 nitrogen and oxygen atoms in total. The number of benzene rings is 2. The van der Waals surface area contributed by atoms with Gasteiger partial charge in [-0.15, -0.1) is 0 Å². The maximum absolute atomic E-state index is 12.5. The second kappa shape index (κ2) is 8.39. The Kier molecular flexibility index (Phi) is 6.24. The summed E-state index contributed by atoms with van der Waals surface area (Å²) in [5, 5.41) is 6.23. The molecule has 0 aromatic heterocycles. The highest BCUT2D eigenvalue weighted by Crippen LogP contribution is 2.24. The van der Waals surface area contributed by atoms with Gasteiger partial charge in [0.1, 0.15) is 11.8 Å². The first kappa shape index (κ1) is 17.9. The summed E-state index contributed by atoms with van der Waals surface area (Å²) in [4.78, 5) is 12.5. The number of ether oxygens (including phenoxy) is 1. The smallest absolute Gasteiger partial charge is 0.246 e. The summed E-state index contributed by atoms with van der Waals surface area (Å²) in [6.45, 7) is 8.68. The normalized spacial score (nSPS) is 11.9. The Labute approximate surface area is 144 Å². The molecule has 2 rings (SSSR count). The zero-order valence-corrected chi connectivity index (χ0v) is 14.8. The Morgan fingerprint density at radius 2 is 1.71 bits per heavy atom. The van der Waals surface area contributed by atoms with Crippen LogP contribution in [0.15, 0.2) is 48.5 Å². The molecule has 0 aliphatic rings. The first-order chi connectivity index (χ1) is 11.5. The van der Waals surface area contributed by atoms with Crippen LogP contribution < -0.4 is 15.4 Å². The van der Waals surface area contributed by atoms with Crippen molar-refractivity contribution in [3.05, 3.63) is 54.1 Å². The maximum atomic E-state index is 12.5. The third-order valence-corrected chi connectivity index (χ3v) is 3.78. The van der Waals surface area contributed by atoms with Crippen LogP contribution in [0.2, 0.25) is 0 Å². The summed E-state index contributed by atoms with van der Waals surface area (Å²) in [5.74, 6) is 1.12. The first-order valence-corrected chi connectivity index (χ1v) is 8.40. The van der Waals surface area contributed by atoms with Crippen LogP contribution in [0.25, 0.3) is 0 Å². The molecule has 0 spiro atoms. The quantitative estimate of drug-likeness (QED) is 0.779. The molecule has 0 radical (unpaired) electrons. The molecule has 0 saturated heterocycles. The molecule has 2 aromatic rings. The average molecular weight is 326 g/mol. The van der Waals surface area contributed by atoms with Crippen LogP contribution in [-0.2, 0) is 4.79 Å². The van der Waals surface area contributed by atoms with Gasteiger partial charge in [-0.05, 0) is 55.7 Å². The molecule has 1 amide bonds. The van der Waals surface area contributed by atoms with Crippen LogP contribution in [0.4, 0.5) is 11.4 Å². The van der Waals surface area contributed by atoms with Gasteiger partial charge in [-0.3, -0.25) is 4.79 Å². The van der Waals surface area contributed by atoms with Crippen LogP contribution in [-0.4, -0.2) is 18.6 Å². The van der Waals surface area contributed by atoms with E-state index in [4.69, 9.17) is 4.74 Å². The predicted octanol–water partition coefficient (Wildman–Crippen LogP) is 4.65. The van der Waals surface area contributed by atoms with Gasteiger partial charge in [0.2, 0.25) is 5.91 Å². The topological polar surface area (TPSA) is 50.4 Å². The molecule has 1 unspecified atom stereocenters. The van der Waals surface area contributed by atoms with Crippen LogP contribution >= 0.6 is 0 Å². The zero-order valence-electron chi connectivity index (χ0n) is 14.8. The summed E-state index contributed by atoms with van der Waals surface area (Å²) < 4.78 is 5.42. The third kappa shape index (κ3) is 4.75. The lowest BCUT2D eigenvalue weighted by atomic mass is 10.0. The Morgan fingerprint density at radius 1 is 1.04 bits per heavy atom. The average Bonchev–Trinajstić information content (AvgIpc) is 2.57. The third-order valence-electron chi connectivity index (χ3n) is 3.78. The van der Waals surface area contributed by atoms with Crippen molar-refractivity contribution in [2.45, 2.75) is 39.7 Å². The zero-order chi connectivity index (χ0) is 17.5. The molecular formula is C20H26N2O2. The van der Waals surface area contributed by atoms with E-state index in [1.165, 1.54) is 0 Å². The number of para-hydroxylation sites is 1. The van der Waals surface area contributed by atoms with E-state index in [0.717, 1.165) is 22.7 Å². The van der Waals surface area contributed by atoms with Gasteiger partial charge in [0, 0.05) is 11.4 Å². The van der Waals surface area contributed by atoms with E-state index in [1.807, 2.05) is 62.4 Å². The number of nitrogens with one attached hydrogen (secondary N) is 2. The molecule has 2 N–H and O–H groups in total. The van der Waals surface area contributed by atoms with E-state index in [1.54, 1.807) is 0 Å². The van der Waals surface area contributed by atoms with Gasteiger partial charge in [-0.1, -0.05) is 32.0 Å². The molecule has 0 bridgehead atoms. The van der Waals surface area contributed by atoms with Crippen molar-refractivity contribution in [2.75, 3.05) is 17.2 Å². The van der Waals surface area contributed by atoms with Crippen molar-refractivity contribution in [1.82, 2.24) is 0 Å². The fourth-order valence-electron chi connectivity index (χ4n) is 2.48. The minimum absolute atomic E-state index is 0.0583. The van der Waals surface area contributed by atoms with Gasteiger partial charge in [-0.2, -0.15) is 0 Å².